The molecule has 0 aliphatic heterocycles. The number of nitro benzene ring substituents is 1. The third-order valence-corrected chi connectivity index (χ3v) is 1.66. The summed E-state index contributed by atoms with van der Waals surface area (Å²) in [4.78, 5) is 30.3. The van der Waals surface area contributed by atoms with Crippen LogP contribution in [0.2, 0.25) is 0 Å². The van der Waals surface area contributed by atoms with Crippen LogP contribution >= 0.6 is 0 Å². The molecule has 0 N–H and O–H groups in total. The molecule has 7 nitrogen and oxygen atoms in total. The second-order valence-corrected chi connectivity index (χ2v) is 2.53. The van der Waals surface area contributed by atoms with Gasteiger partial charge in [-0.25, -0.2) is 0 Å². The van der Waals surface area contributed by atoms with Crippen LogP contribution in [0.5, 0.6) is 0 Å². The number of carboxylic acid groups (broad SMARTS) is 2. The van der Waals surface area contributed by atoms with Crippen molar-refractivity contribution >= 4 is 17.6 Å². The van der Waals surface area contributed by atoms with E-state index in [2.05, 4.69) is 0 Å². The smallest absolute Gasteiger partial charge is 0.545 e. The van der Waals surface area contributed by atoms with Gasteiger partial charge in [-0.15, -0.1) is 0 Å². The van der Waals surface area contributed by atoms with Gasteiger partial charge in [-0.2, -0.15) is 0 Å². The zero-order valence-corrected chi connectivity index (χ0v) is 10.8. The van der Waals surface area contributed by atoms with Gasteiger partial charge >= 0.3 is 19.5 Å². The minimum absolute atomic E-state index is 0. The Hall–Kier alpha value is -1.82. The normalized spacial score (nSPS) is 9.00. The van der Waals surface area contributed by atoms with Crippen molar-refractivity contribution in [3.05, 3.63) is 39.4 Å². The first-order valence-electron chi connectivity index (χ1n) is 3.65. The van der Waals surface area contributed by atoms with E-state index in [1.54, 1.807) is 0 Å². The molecule has 0 aliphatic carbocycles. The summed E-state index contributed by atoms with van der Waals surface area (Å²) >= 11 is 0. The van der Waals surface area contributed by atoms with Crippen LogP contribution in [0.1, 0.15) is 20.7 Å². The van der Waals surface area contributed by atoms with Crippen molar-refractivity contribution < 1.29 is 44.2 Å². The molecule has 0 aromatic heterocycles. The first-order valence-corrected chi connectivity index (χ1v) is 3.65. The molecule has 0 saturated heterocycles. The summed E-state index contributed by atoms with van der Waals surface area (Å²) in [6.07, 6.45) is 0. The zero-order chi connectivity index (χ0) is 11.6. The van der Waals surface area contributed by atoms with E-state index in [1.807, 2.05) is 0 Å². The average molecular weight is 275 g/mol. The second-order valence-electron chi connectivity index (χ2n) is 2.53. The molecule has 1 aromatic carbocycles. The number of aromatic carboxylic acids is 2. The van der Waals surface area contributed by atoms with E-state index < -0.39 is 33.7 Å². The number of hydrogen-bond donors (Lipinski definition) is 0. The van der Waals surface area contributed by atoms with Gasteiger partial charge in [-0.3, -0.25) is 10.1 Å². The molecule has 0 heterocycles. The van der Waals surface area contributed by atoms with Crippen molar-refractivity contribution in [1.29, 1.82) is 0 Å². The van der Waals surface area contributed by atoms with Gasteiger partial charge in [0.25, 0.3) is 5.69 Å². The minimum atomic E-state index is -1.82. The summed E-state index contributed by atoms with van der Waals surface area (Å²) in [5.41, 5.74) is -2.61. The number of rotatable bonds is 3. The molecule has 0 aliphatic rings. The Balaban J connectivity index is 0.00000225. The summed E-state index contributed by atoms with van der Waals surface area (Å²) in [6.45, 7) is 0. The van der Waals surface area contributed by atoms with Gasteiger partial charge in [0.05, 0.1) is 28.0 Å². The van der Waals surface area contributed by atoms with Crippen molar-refractivity contribution in [2.45, 2.75) is 0 Å². The van der Waals surface area contributed by atoms with Crippen LogP contribution in [0.15, 0.2) is 18.2 Å². The number of nitro groups is 1. The quantitative estimate of drug-likeness (QED) is 0.368. The minimum Gasteiger partial charge on any atom is -0.545 e. The van der Waals surface area contributed by atoms with Gasteiger partial charge in [0.1, 0.15) is 0 Å². The molecular formula is C8H3NO6Zn. The van der Waals surface area contributed by atoms with Crippen molar-refractivity contribution in [3.63, 3.8) is 0 Å². The third-order valence-electron chi connectivity index (χ3n) is 1.66. The first kappa shape index (κ1) is 14.2. The summed E-state index contributed by atoms with van der Waals surface area (Å²) < 4.78 is 0. The van der Waals surface area contributed by atoms with Gasteiger partial charge in [0.15, 0.2) is 0 Å². The van der Waals surface area contributed by atoms with E-state index in [-0.39, 0.29) is 19.5 Å². The van der Waals surface area contributed by atoms with Gasteiger partial charge < -0.3 is 19.8 Å². The van der Waals surface area contributed by atoms with Crippen LogP contribution < -0.4 is 10.2 Å². The molecule has 0 fully saturated rings. The number of para-hydroxylation sites is 1. The molecule has 8 heteroatoms. The predicted octanol–water partition coefficient (Wildman–Crippen LogP) is -1.68. The fourth-order valence-electron chi connectivity index (χ4n) is 1.07. The zero-order valence-electron chi connectivity index (χ0n) is 7.84. The maximum absolute atomic E-state index is 10.5. The molecule has 1 aromatic rings. The summed E-state index contributed by atoms with van der Waals surface area (Å²) in [5.74, 6) is -3.63. The predicted molar refractivity (Wildman–Crippen MR) is 41.8 cm³/mol. The SMILES string of the molecule is O=C([O-])c1cccc(C(=O)[O-])c1[N+](=O)[O-].[Zn+2]. The van der Waals surface area contributed by atoms with E-state index >= 15 is 0 Å². The summed E-state index contributed by atoms with van der Waals surface area (Å²) in [7, 11) is 0. The molecule has 1 rings (SSSR count). The fourth-order valence-corrected chi connectivity index (χ4v) is 1.07. The molecule has 0 saturated carbocycles. The van der Waals surface area contributed by atoms with E-state index in [4.69, 9.17) is 0 Å². The van der Waals surface area contributed by atoms with E-state index in [0.29, 0.717) is 0 Å². The van der Waals surface area contributed by atoms with Crippen LogP contribution in [0.25, 0.3) is 0 Å². The Morgan fingerprint density at radius 2 is 1.44 bits per heavy atom. The molecule has 0 bridgehead atoms. The Labute approximate surface area is 102 Å². The molecule has 78 valence electrons. The van der Waals surface area contributed by atoms with Crippen molar-refractivity contribution in [2.24, 2.45) is 0 Å². The standard InChI is InChI=1S/C8H5NO6.Zn/c10-7(11)4-2-1-3-5(8(12)13)6(4)9(14)15;/h1-3H,(H,10,11)(H,12,13);/q;+2/p-2. The molecule has 0 radical (unpaired) electrons. The Kier molecular flexibility index (Phi) is 4.71. The number of carbonyl (C=O) groups is 2. The van der Waals surface area contributed by atoms with Crippen LogP contribution in [-0.2, 0) is 19.5 Å². The van der Waals surface area contributed by atoms with Crippen molar-refractivity contribution in [3.8, 4) is 0 Å². The monoisotopic (exact) mass is 273 g/mol. The van der Waals surface area contributed by atoms with Gasteiger partial charge in [0, 0.05) is 0 Å². The van der Waals surface area contributed by atoms with E-state index in [1.165, 1.54) is 0 Å². The number of hydrogen-bond acceptors (Lipinski definition) is 6. The summed E-state index contributed by atoms with van der Waals surface area (Å²) in [5, 5.41) is 31.4. The topological polar surface area (TPSA) is 123 Å². The summed E-state index contributed by atoms with van der Waals surface area (Å²) in [6, 6.07) is 2.84. The molecule has 0 spiro atoms. The van der Waals surface area contributed by atoms with Crippen molar-refractivity contribution in [1.82, 2.24) is 0 Å². The number of carbonyl (C=O) groups excluding carboxylic acids is 2. The van der Waals surface area contributed by atoms with E-state index in [9.17, 15) is 29.9 Å². The molecule has 16 heavy (non-hydrogen) atoms. The number of nitrogens with zero attached hydrogens (tertiary/aromatic N) is 1. The van der Waals surface area contributed by atoms with Crippen LogP contribution in [-0.4, -0.2) is 16.9 Å². The van der Waals surface area contributed by atoms with Crippen LogP contribution in [0.3, 0.4) is 0 Å². The number of benzene rings is 1. The van der Waals surface area contributed by atoms with Gasteiger partial charge in [-0.05, 0) is 12.1 Å². The maximum atomic E-state index is 10.5. The van der Waals surface area contributed by atoms with Crippen LogP contribution in [0, 0.1) is 10.1 Å². The third kappa shape index (κ3) is 2.61. The Morgan fingerprint density at radius 1 is 1.06 bits per heavy atom. The molecule has 0 unspecified atom stereocenters. The van der Waals surface area contributed by atoms with Gasteiger partial charge in [0.2, 0.25) is 0 Å². The largest absolute Gasteiger partial charge is 2.00 e. The molecular weight excluding hydrogens is 271 g/mol. The fraction of sp³-hybridized carbons (Fsp3) is 0. The molecule has 0 atom stereocenters. The van der Waals surface area contributed by atoms with Gasteiger partial charge in [-0.1, -0.05) is 6.07 Å². The average Bonchev–Trinajstić information content (AvgIpc) is 2.16. The Bertz CT molecular complexity index is 426. The number of carboxylic acids is 2. The molecule has 0 amide bonds. The van der Waals surface area contributed by atoms with E-state index in [0.717, 1.165) is 18.2 Å². The Morgan fingerprint density at radius 3 is 1.69 bits per heavy atom. The van der Waals surface area contributed by atoms with Crippen molar-refractivity contribution in [2.75, 3.05) is 0 Å². The second kappa shape index (κ2) is 5.32. The first-order chi connectivity index (χ1) is 6.95. The van der Waals surface area contributed by atoms with Crippen LogP contribution in [0.4, 0.5) is 5.69 Å². The maximum Gasteiger partial charge on any atom is 2.00 e.